The second-order valence-electron chi connectivity index (χ2n) is 4.03. The van der Waals surface area contributed by atoms with E-state index in [0.29, 0.717) is 21.9 Å². The highest BCUT2D eigenvalue weighted by atomic mass is 35.5. The van der Waals surface area contributed by atoms with E-state index in [1.807, 2.05) is 6.92 Å². The Morgan fingerprint density at radius 1 is 1.29 bits per heavy atom. The van der Waals surface area contributed by atoms with Gasteiger partial charge in [-0.25, -0.2) is 4.98 Å². The zero-order valence-electron chi connectivity index (χ0n) is 10.7. The van der Waals surface area contributed by atoms with Crippen molar-refractivity contribution in [2.45, 2.75) is 33.7 Å². The van der Waals surface area contributed by atoms with E-state index in [4.69, 9.17) is 23.2 Å². The summed E-state index contributed by atoms with van der Waals surface area (Å²) in [6.07, 6.45) is 0. The lowest BCUT2D eigenvalue weighted by molar-refractivity contribution is 0.694. The molecule has 1 heterocycles. The summed E-state index contributed by atoms with van der Waals surface area (Å²) >= 11 is 12.3. The van der Waals surface area contributed by atoms with Crippen molar-refractivity contribution in [3.05, 3.63) is 16.1 Å². The number of hydrogen-bond donors (Lipinski definition) is 1. The van der Waals surface area contributed by atoms with Crippen molar-refractivity contribution in [1.29, 1.82) is 0 Å². The predicted octanol–water partition coefficient (Wildman–Crippen LogP) is 4.05. The molecule has 1 N–H and O–H groups in total. The molecule has 5 heteroatoms. The van der Waals surface area contributed by atoms with Gasteiger partial charge in [0.2, 0.25) is 0 Å². The first kappa shape index (κ1) is 14.4. The van der Waals surface area contributed by atoms with Crippen molar-refractivity contribution in [2.75, 3.05) is 23.3 Å². The molecule has 0 amide bonds. The Bertz CT molecular complexity index is 380. The molecule has 0 aliphatic rings. The molecule has 0 fully saturated rings. The Balaban J connectivity index is 3.18. The van der Waals surface area contributed by atoms with Crippen molar-refractivity contribution < 1.29 is 0 Å². The zero-order valence-corrected chi connectivity index (χ0v) is 12.2. The Morgan fingerprint density at radius 3 is 2.41 bits per heavy atom. The third-order valence-electron chi connectivity index (χ3n) is 2.49. The monoisotopic (exact) mass is 275 g/mol. The summed E-state index contributed by atoms with van der Waals surface area (Å²) in [4.78, 5) is 6.64. The minimum atomic E-state index is 0.348. The number of nitrogens with one attached hydrogen (secondary N) is 1. The fourth-order valence-corrected chi connectivity index (χ4v) is 2.24. The maximum Gasteiger partial charge on any atom is 0.150 e. The van der Waals surface area contributed by atoms with Gasteiger partial charge in [-0.2, -0.15) is 0 Å². The van der Waals surface area contributed by atoms with Gasteiger partial charge in [-0.1, -0.05) is 23.2 Å². The average molecular weight is 276 g/mol. The minimum absolute atomic E-state index is 0.348. The van der Waals surface area contributed by atoms with Crippen LogP contribution in [0.4, 0.5) is 11.6 Å². The molecule has 0 radical (unpaired) electrons. The van der Waals surface area contributed by atoms with Gasteiger partial charge in [0.25, 0.3) is 0 Å². The number of hydrogen-bond acceptors (Lipinski definition) is 3. The Labute approximate surface area is 113 Å². The van der Waals surface area contributed by atoms with Crippen molar-refractivity contribution in [3.8, 4) is 0 Å². The minimum Gasteiger partial charge on any atom is -0.369 e. The molecule has 0 atom stereocenters. The standard InChI is InChI=1S/C12H19Cl2N3/c1-5-15-11-9(13)7-10(14)12(16-11)17(6-2)8(3)4/h7-8H,5-6H2,1-4H3,(H,15,16). The van der Waals surface area contributed by atoms with Gasteiger partial charge in [0.05, 0.1) is 10.0 Å². The first-order valence-electron chi connectivity index (χ1n) is 5.87. The maximum atomic E-state index is 6.20. The van der Waals surface area contributed by atoms with Gasteiger partial charge in [-0.3, -0.25) is 0 Å². The fraction of sp³-hybridized carbons (Fsp3) is 0.583. The molecule has 0 aromatic carbocycles. The summed E-state index contributed by atoms with van der Waals surface area (Å²) in [5.41, 5.74) is 0. The predicted molar refractivity (Wildman–Crippen MR) is 76.6 cm³/mol. The molecule has 17 heavy (non-hydrogen) atoms. The lowest BCUT2D eigenvalue weighted by atomic mass is 10.3. The van der Waals surface area contributed by atoms with Gasteiger partial charge in [0.1, 0.15) is 11.6 Å². The molecule has 0 spiro atoms. The van der Waals surface area contributed by atoms with Crippen molar-refractivity contribution in [3.63, 3.8) is 0 Å². The average Bonchev–Trinajstić information content (AvgIpc) is 2.25. The molecule has 1 rings (SSSR count). The van der Waals surface area contributed by atoms with Crippen LogP contribution in [0.3, 0.4) is 0 Å². The number of halogens is 2. The molecular formula is C12H19Cl2N3. The summed E-state index contributed by atoms with van der Waals surface area (Å²) in [7, 11) is 0. The first-order valence-corrected chi connectivity index (χ1v) is 6.63. The smallest absolute Gasteiger partial charge is 0.150 e. The van der Waals surface area contributed by atoms with Crippen LogP contribution in [-0.2, 0) is 0 Å². The lowest BCUT2D eigenvalue weighted by Gasteiger charge is -2.27. The van der Waals surface area contributed by atoms with E-state index in [1.165, 1.54) is 0 Å². The molecule has 0 bridgehead atoms. The molecule has 3 nitrogen and oxygen atoms in total. The van der Waals surface area contributed by atoms with E-state index >= 15 is 0 Å². The van der Waals surface area contributed by atoms with Gasteiger partial charge < -0.3 is 10.2 Å². The molecule has 0 saturated heterocycles. The van der Waals surface area contributed by atoms with Crippen molar-refractivity contribution >= 4 is 34.8 Å². The van der Waals surface area contributed by atoms with Gasteiger partial charge in [-0.15, -0.1) is 0 Å². The Kier molecular flexibility index (Phi) is 5.34. The summed E-state index contributed by atoms with van der Waals surface area (Å²) < 4.78 is 0. The SMILES string of the molecule is CCNc1nc(N(CC)C(C)C)c(Cl)cc1Cl. The number of pyridine rings is 1. The first-order chi connectivity index (χ1) is 8.01. The van der Waals surface area contributed by atoms with E-state index in [2.05, 4.69) is 36.0 Å². The van der Waals surface area contributed by atoms with Crippen LogP contribution in [0.5, 0.6) is 0 Å². The highest BCUT2D eigenvalue weighted by Crippen LogP contribution is 2.32. The second-order valence-corrected chi connectivity index (χ2v) is 4.85. The van der Waals surface area contributed by atoms with Crippen LogP contribution in [0.25, 0.3) is 0 Å². The van der Waals surface area contributed by atoms with E-state index in [9.17, 15) is 0 Å². The third kappa shape index (κ3) is 3.39. The molecule has 0 aliphatic heterocycles. The van der Waals surface area contributed by atoms with Crippen LogP contribution in [0.2, 0.25) is 10.0 Å². The van der Waals surface area contributed by atoms with Gasteiger partial charge >= 0.3 is 0 Å². The largest absolute Gasteiger partial charge is 0.369 e. The highest BCUT2D eigenvalue weighted by molar-refractivity contribution is 6.37. The van der Waals surface area contributed by atoms with Gasteiger partial charge in [0.15, 0.2) is 0 Å². The van der Waals surface area contributed by atoms with Crippen LogP contribution >= 0.6 is 23.2 Å². The number of aromatic nitrogens is 1. The van der Waals surface area contributed by atoms with E-state index in [-0.39, 0.29) is 0 Å². The van der Waals surface area contributed by atoms with Crippen LogP contribution in [0.15, 0.2) is 6.07 Å². The molecule has 0 aliphatic carbocycles. The summed E-state index contributed by atoms with van der Waals surface area (Å²) in [6.45, 7) is 9.96. The lowest BCUT2D eigenvalue weighted by Crippen LogP contribution is -2.31. The summed E-state index contributed by atoms with van der Waals surface area (Å²) in [5.74, 6) is 1.47. The Hall–Kier alpha value is -0.670. The third-order valence-corrected chi connectivity index (χ3v) is 3.06. The topological polar surface area (TPSA) is 28.2 Å². The van der Waals surface area contributed by atoms with E-state index in [0.717, 1.165) is 18.9 Å². The molecule has 1 aromatic rings. The van der Waals surface area contributed by atoms with Gasteiger partial charge in [-0.05, 0) is 33.8 Å². The quantitative estimate of drug-likeness (QED) is 0.879. The number of rotatable bonds is 5. The molecule has 0 unspecified atom stereocenters. The van der Waals surface area contributed by atoms with Crippen molar-refractivity contribution in [2.24, 2.45) is 0 Å². The van der Waals surface area contributed by atoms with Crippen molar-refractivity contribution in [1.82, 2.24) is 4.98 Å². The zero-order chi connectivity index (χ0) is 13.0. The second kappa shape index (κ2) is 6.31. The maximum absolute atomic E-state index is 6.20. The van der Waals surface area contributed by atoms with Crippen LogP contribution in [-0.4, -0.2) is 24.1 Å². The fourth-order valence-electron chi connectivity index (χ4n) is 1.71. The van der Waals surface area contributed by atoms with E-state index in [1.54, 1.807) is 6.07 Å². The van der Waals surface area contributed by atoms with E-state index < -0.39 is 0 Å². The summed E-state index contributed by atoms with van der Waals surface area (Å²) in [5, 5.41) is 4.28. The highest BCUT2D eigenvalue weighted by Gasteiger charge is 2.16. The molecule has 96 valence electrons. The van der Waals surface area contributed by atoms with Crippen LogP contribution < -0.4 is 10.2 Å². The normalized spacial score (nSPS) is 10.8. The summed E-state index contributed by atoms with van der Waals surface area (Å²) in [6, 6.07) is 2.09. The Morgan fingerprint density at radius 2 is 1.94 bits per heavy atom. The molecule has 1 aromatic heterocycles. The number of nitrogens with zero attached hydrogens (tertiary/aromatic N) is 2. The number of anilines is 2. The van der Waals surface area contributed by atoms with Crippen LogP contribution in [0, 0.1) is 0 Å². The molecular weight excluding hydrogens is 257 g/mol. The molecule has 0 saturated carbocycles. The van der Waals surface area contributed by atoms with Gasteiger partial charge in [0, 0.05) is 19.1 Å². The van der Waals surface area contributed by atoms with Crippen LogP contribution in [0.1, 0.15) is 27.7 Å².